The van der Waals surface area contributed by atoms with Gasteiger partial charge in [0.25, 0.3) is 5.91 Å². The second kappa shape index (κ2) is 3.71. The Hall–Kier alpha value is -0.580. The minimum Gasteiger partial charge on any atom is -0.355 e. The van der Waals surface area contributed by atoms with Gasteiger partial charge in [-0.05, 0) is 34.7 Å². The maximum atomic E-state index is 11.4. The summed E-state index contributed by atoms with van der Waals surface area (Å²) >= 11 is 1.98. The van der Waals surface area contributed by atoms with Crippen LogP contribution in [0.1, 0.15) is 14.5 Å². The van der Waals surface area contributed by atoms with Crippen molar-refractivity contribution in [3.05, 3.63) is 33.4 Å². The van der Waals surface area contributed by atoms with E-state index in [1.165, 1.54) is 0 Å². The summed E-state index contributed by atoms with van der Waals surface area (Å²) in [5.41, 5.74) is 0.379. The molecule has 0 aliphatic carbocycles. The first-order valence-electron chi connectivity index (χ1n) is 4.47. The molecule has 1 aromatic rings. The van der Waals surface area contributed by atoms with Gasteiger partial charge in [-0.25, -0.2) is 0 Å². The van der Waals surface area contributed by atoms with Crippen LogP contribution in [0.25, 0.3) is 0 Å². The normalized spacial score (nSPS) is 14.5. The molecule has 1 rings (SSSR count). The summed E-state index contributed by atoms with van der Waals surface area (Å²) in [4.78, 5) is 11.4. The molecule has 0 aliphatic heterocycles. The van der Waals surface area contributed by atoms with Gasteiger partial charge in [-0.3, -0.25) is 4.79 Å². The van der Waals surface area contributed by atoms with Crippen molar-refractivity contribution in [1.82, 2.24) is 5.32 Å². The third kappa shape index (κ3) is 1.92. The standard InChI is InChI=1S/C8H8INO/c1-10-8(11)6-4-2-3-5-7(6)9/h2-5H,1H3,(H,10,11)/i1D3. The lowest BCUT2D eigenvalue weighted by Crippen LogP contribution is -2.18. The number of benzene rings is 1. The molecule has 0 atom stereocenters. The van der Waals surface area contributed by atoms with E-state index in [0.29, 0.717) is 5.56 Å². The summed E-state index contributed by atoms with van der Waals surface area (Å²) in [5.74, 6) is -0.574. The Morgan fingerprint density at radius 3 is 3.00 bits per heavy atom. The van der Waals surface area contributed by atoms with Crippen molar-refractivity contribution in [2.45, 2.75) is 0 Å². The summed E-state index contributed by atoms with van der Waals surface area (Å²) in [6.45, 7) is -2.43. The fourth-order valence-corrected chi connectivity index (χ4v) is 1.35. The number of nitrogens with one attached hydrogen (secondary N) is 1. The van der Waals surface area contributed by atoms with Crippen LogP contribution in [0.2, 0.25) is 0 Å². The first kappa shape index (κ1) is 5.13. The van der Waals surface area contributed by atoms with Crippen molar-refractivity contribution in [2.75, 3.05) is 6.98 Å². The minimum absolute atomic E-state index is 0.379. The molecule has 0 spiro atoms. The Labute approximate surface area is 83.3 Å². The van der Waals surface area contributed by atoms with Crippen molar-refractivity contribution in [3.63, 3.8) is 0 Å². The van der Waals surface area contributed by atoms with E-state index in [0.717, 1.165) is 3.57 Å². The third-order valence-corrected chi connectivity index (χ3v) is 2.17. The minimum atomic E-state index is -2.43. The molecule has 3 heteroatoms. The van der Waals surface area contributed by atoms with Gasteiger partial charge in [0.1, 0.15) is 0 Å². The molecule has 58 valence electrons. The van der Waals surface area contributed by atoms with E-state index in [1.807, 2.05) is 27.9 Å². The van der Waals surface area contributed by atoms with Crippen molar-refractivity contribution >= 4 is 28.5 Å². The topological polar surface area (TPSA) is 29.1 Å². The maximum absolute atomic E-state index is 11.4. The summed E-state index contributed by atoms with van der Waals surface area (Å²) in [6.07, 6.45) is 0. The molecule has 0 radical (unpaired) electrons. The zero-order valence-electron chi connectivity index (χ0n) is 8.60. The van der Waals surface area contributed by atoms with E-state index >= 15 is 0 Å². The van der Waals surface area contributed by atoms with E-state index in [2.05, 4.69) is 0 Å². The van der Waals surface area contributed by atoms with Crippen molar-refractivity contribution in [2.24, 2.45) is 0 Å². The average molecular weight is 264 g/mol. The Kier molecular flexibility index (Phi) is 1.73. The molecule has 2 nitrogen and oxygen atoms in total. The highest BCUT2D eigenvalue weighted by Crippen LogP contribution is 2.10. The molecule has 0 saturated heterocycles. The van der Waals surface area contributed by atoms with E-state index in [4.69, 9.17) is 4.11 Å². The predicted octanol–water partition coefficient (Wildman–Crippen LogP) is 1.65. The molecule has 0 aliphatic rings. The average Bonchev–Trinajstić information content (AvgIpc) is 2.01. The maximum Gasteiger partial charge on any atom is 0.252 e. The number of halogens is 1. The van der Waals surface area contributed by atoms with Crippen LogP contribution in [0, 0.1) is 3.57 Å². The van der Waals surface area contributed by atoms with Gasteiger partial charge in [0.15, 0.2) is 0 Å². The smallest absolute Gasteiger partial charge is 0.252 e. The fraction of sp³-hybridized carbons (Fsp3) is 0.125. The van der Waals surface area contributed by atoms with Gasteiger partial charge in [-0.2, -0.15) is 0 Å². The van der Waals surface area contributed by atoms with Gasteiger partial charge >= 0.3 is 0 Å². The molecule has 0 aromatic heterocycles. The van der Waals surface area contributed by atoms with Crippen molar-refractivity contribution in [3.8, 4) is 0 Å². The number of amides is 1. The Bertz CT molecular complexity index is 351. The van der Waals surface area contributed by atoms with Gasteiger partial charge in [0, 0.05) is 14.7 Å². The highest BCUT2D eigenvalue weighted by Gasteiger charge is 2.04. The Balaban J connectivity index is 2.86. The molecule has 0 heterocycles. The quantitative estimate of drug-likeness (QED) is 0.768. The summed E-state index contributed by atoms with van der Waals surface area (Å²) in [6, 6.07) is 6.81. The monoisotopic (exact) mass is 264 g/mol. The Morgan fingerprint density at radius 2 is 2.36 bits per heavy atom. The van der Waals surface area contributed by atoms with Crippen LogP contribution >= 0.6 is 22.6 Å². The van der Waals surface area contributed by atoms with Gasteiger partial charge < -0.3 is 5.32 Å². The molecule has 1 N–H and O–H groups in total. The molecule has 11 heavy (non-hydrogen) atoms. The fourth-order valence-electron chi connectivity index (χ4n) is 0.713. The first-order valence-corrected chi connectivity index (χ1v) is 4.05. The molecule has 0 bridgehead atoms. The second-order valence-electron chi connectivity index (χ2n) is 1.93. The second-order valence-corrected chi connectivity index (χ2v) is 3.10. The van der Waals surface area contributed by atoms with Crippen LogP contribution in [0.15, 0.2) is 24.3 Å². The molecular formula is C8H8INO. The summed E-state index contributed by atoms with van der Waals surface area (Å²) < 4.78 is 21.4. The van der Waals surface area contributed by atoms with E-state index in [1.54, 1.807) is 24.3 Å². The number of hydrogen-bond acceptors (Lipinski definition) is 1. The largest absolute Gasteiger partial charge is 0.355 e. The number of carbonyl (C=O) groups excluding carboxylic acids is 1. The van der Waals surface area contributed by atoms with Crippen LogP contribution < -0.4 is 5.32 Å². The highest BCUT2D eigenvalue weighted by atomic mass is 127. The van der Waals surface area contributed by atoms with Gasteiger partial charge in [-0.15, -0.1) is 0 Å². The van der Waals surface area contributed by atoms with Crippen molar-refractivity contribution < 1.29 is 8.91 Å². The summed E-state index contributed by atoms with van der Waals surface area (Å²) in [7, 11) is 0. The number of carbonyl (C=O) groups is 1. The molecule has 1 amide bonds. The molecule has 0 unspecified atom stereocenters. The molecule has 1 aromatic carbocycles. The molecular weight excluding hydrogens is 253 g/mol. The SMILES string of the molecule is [2H]C([2H])([2H])NC(=O)c1ccccc1I. The number of rotatable bonds is 1. The lowest BCUT2D eigenvalue weighted by atomic mass is 10.2. The zero-order valence-corrected chi connectivity index (χ0v) is 7.75. The van der Waals surface area contributed by atoms with Crippen LogP contribution in [-0.4, -0.2) is 12.9 Å². The Morgan fingerprint density at radius 1 is 1.64 bits per heavy atom. The first-order chi connectivity index (χ1) is 6.40. The van der Waals surface area contributed by atoms with E-state index < -0.39 is 12.9 Å². The van der Waals surface area contributed by atoms with Gasteiger partial charge in [0.2, 0.25) is 0 Å². The summed E-state index contributed by atoms with van der Waals surface area (Å²) in [5, 5.41) is 1.93. The van der Waals surface area contributed by atoms with E-state index in [9.17, 15) is 4.79 Å². The predicted molar refractivity (Wildman–Crippen MR) is 52.5 cm³/mol. The van der Waals surface area contributed by atoms with Gasteiger partial charge in [-0.1, -0.05) is 12.1 Å². The number of hydrogen-bond donors (Lipinski definition) is 1. The lowest BCUT2D eigenvalue weighted by molar-refractivity contribution is 0.0962. The van der Waals surface area contributed by atoms with Crippen molar-refractivity contribution in [1.29, 1.82) is 0 Å². The van der Waals surface area contributed by atoms with Crippen LogP contribution in [0.5, 0.6) is 0 Å². The van der Waals surface area contributed by atoms with E-state index in [-0.39, 0.29) is 0 Å². The third-order valence-electron chi connectivity index (χ3n) is 1.23. The molecule has 0 saturated carbocycles. The van der Waals surface area contributed by atoms with Crippen LogP contribution in [0.4, 0.5) is 0 Å². The molecule has 0 fully saturated rings. The van der Waals surface area contributed by atoms with Crippen LogP contribution in [-0.2, 0) is 0 Å². The lowest BCUT2D eigenvalue weighted by Gasteiger charge is -2.00. The van der Waals surface area contributed by atoms with Gasteiger partial charge in [0.05, 0.1) is 5.56 Å². The zero-order chi connectivity index (χ0) is 10.8. The highest BCUT2D eigenvalue weighted by molar-refractivity contribution is 14.1. The van der Waals surface area contributed by atoms with Crippen LogP contribution in [0.3, 0.4) is 0 Å².